The highest BCUT2D eigenvalue weighted by molar-refractivity contribution is 5.77. The molecule has 1 aromatic carbocycles. The van der Waals surface area contributed by atoms with Gasteiger partial charge in [0.05, 0.1) is 24.0 Å². The number of aromatic nitrogens is 2. The number of ether oxygens (including phenoxy) is 1. The number of fused-ring (bicyclic) bond motifs is 1. The quantitative estimate of drug-likeness (QED) is 0.696. The first-order chi connectivity index (χ1) is 9.49. The molecule has 1 fully saturated rings. The van der Waals surface area contributed by atoms with Crippen molar-refractivity contribution in [3.05, 3.63) is 29.6 Å². The van der Waals surface area contributed by atoms with Crippen LogP contribution in [0, 0.1) is 13.8 Å². The van der Waals surface area contributed by atoms with Crippen LogP contribution in [0.15, 0.2) is 18.5 Å². The molecule has 3 N–H and O–H groups in total. The molecule has 2 heterocycles. The number of rotatable bonds is 1. The largest absolute Gasteiger partial charge is 0.388 e. The molecule has 20 heavy (non-hydrogen) atoms. The fraction of sp³-hybridized carbons (Fsp3) is 0.500. The van der Waals surface area contributed by atoms with Gasteiger partial charge in [-0.3, -0.25) is 0 Å². The summed E-state index contributed by atoms with van der Waals surface area (Å²) < 4.78 is 7.15. The number of hydrogen-bond acceptors (Lipinski definition) is 5. The van der Waals surface area contributed by atoms with Gasteiger partial charge >= 0.3 is 0 Å². The van der Waals surface area contributed by atoms with Crippen LogP contribution in [0.25, 0.3) is 11.0 Å². The van der Waals surface area contributed by atoms with Crippen molar-refractivity contribution in [3.63, 3.8) is 0 Å². The summed E-state index contributed by atoms with van der Waals surface area (Å²) in [6, 6.07) is 3.95. The van der Waals surface area contributed by atoms with Crippen molar-refractivity contribution in [2.75, 3.05) is 6.61 Å². The zero-order valence-corrected chi connectivity index (χ0v) is 11.4. The number of aryl methyl sites for hydroxylation is 2. The summed E-state index contributed by atoms with van der Waals surface area (Å²) in [6.45, 7) is 4.00. The molecule has 0 saturated carbocycles. The first kappa shape index (κ1) is 13.5. The predicted molar refractivity (Wildman–Crippen MR) is 72.2 cm³/mol. The minimum absolute atomic E-state index is 0.0204. The molecule has 1 aliphatic heterocycles. The Balaban J connectivity index is 2.04. The number of hydrogen-bond donors (Lipinski definition) is 3. The maximum atomic E-state index is 10.1. The van der Waals surface area contributed by atoms with E-state index in [1.165, 1.54) is 0 Å². The number of nitrogens with zero attached hydrogens (tertiary/aromatic N) is 2. The number of aliphatic hydroxyl groups is 3. The molecule has 1 aliphatic rings. The van der Waals surface area contributed by atoms with Gasteiger partial charge in [0, 0.05) is 0 Å². The molecule has 4 atom stereocenters. The summed E-state index contributed by atoms with van der Waals surface area (Å²) in [7, 11) is 0. The van der Waals surface area contributed by atoms with Gasteiger partial charge in [-0.15, -0.1) is 0 Å². The van der Waals surface area contributed by atoms with Crippen molar-refractivity contribution in [1.29, 1.82) is 0 Å². The lowest BCUT2D eigenvalue weighted by Gasteiger charge is -2.35. The molecular weight excluding hydrogens is 260 g/mol. The number of aliphatic hydroxyl groups excluding tert-OH is 3. The van der Waals surface area contributed by atoms with Gasteiger partial charge in [-0.05, 0) is 37.1 Å². The average Bonchev–Trinajstić information content (AvgIpc) is 2.80. The molecule has 2 aromatic rings. The maximum absolute atomic E-state index is 10.1. The number of imidazole rings is 1. The fourth-order valence-electron chi connectivity index (χ4n) is 2.52. The second-order valence-electron chi connectivity index (χ2n) is 5.35. The van der Waals surface area contributed by atoms with Gasteiger partial charge in [-0.1, -0.05) is 0 Å². The fourth-order valence-corrected chi connectivity index (χ4v) is 2.52. The van der Waals surface area contributed by atoms with E-state index in [4.69, 9.17) is 4.74 Å². The summed E-state index contributed by atoms with van der Waals surface area (Å²) in [5, 5.41) is 29.3. The molecule has 0 bridgehead atoms. The van der Waals surface area contributed by atoms with Gasteiger partial charge in [0.2, 0.25) is 0 Å². The Bertz CT molecular complexity index is 639. The Kier molecular flexibility index (Phi) is 3.25. The minimum atomic E-state index is -1.22. The highest BCUT2D eigenvalue weighted by Crippen LogP contribution is 2.28. The van der Waals surface area contributed by atoms with Crippen LogP contribution < -0.4 is 0 Å². The van der Waals surface area contributed by atoms with Gasteiger partial charge in [-0.2, -0.15) is 0 Å². The molecule has 0 spiro atoms. The summed E-state index contributed by atoms with van der Waals surface area (Å²) in [5.74, 6) is 0. The van der Waals surface area contributed by atoms with Crippen molar-refractivity contribution in [1.82, 2.24) is 9.55 Å². The van der Waals surface area contributed by atoms with E-state index in [0.717, 1.165) is 22.2 Å². The van der Waals surface area contributed by atoms with Crippen LogP contribution in [0.1, 0.15) is 17.4 Å². The first-order valence-corrected chi connectivity index (χ1v) is 6.58. The summed E-state index contributed by atoms with van der Waals surface area (Å²) in [4.78, 5) is 4.30. The van der Waals surface area contributed by atoms with Crippen molar-refractivity contribution >= 4 is 11.0 Å². The van der Waals surface area contributed by atoms with Crippen molar-refractivity contribution in [2.24, 2.45) is 0 Å². The standard InChI is InChI=1S/C14H18N2O4/c1-7-3-9-10(4-8(7)2)16(6-15-9)14-13(19)12(18)11(17)5-20-14/h3-4,6,11-14,17-19H,5H2,1-2H3/t11-,12-,13-,14-/m1/s1. The van der Waals surface area contributed by atoms with Gasteiger partial charge in [0.25, 0.3) is 0 Å². The molecule has 108 valence electrons. The molecule has 0 radical (unpaired) electrons. The number of benzene rings is 1. The van der Waals surface area contributed by atoms with E-state index in [9.17, 15) is 15.3 Å². The van der Waals surface area contributed by atoms with E-state index in [1.54, 1.807) is 10.9 Å². The molecule has 0 unspecified atom stereocenters. The normalized spacial score (nSPS) is 30.9. The zero-order chi connectivity index (χ0) is 14.4. The molecule has 3 rings (SSSR count). The maximum Gasteiger partial charge on any atom is 0.164 e. The third-order valence-electron chi connectivity index (χ3n) is 3.94. The highest BCUT2D eigenvalue weighted by atomic mass is 16.5. The second-order valence-corrected chi connectivity index (χ2v) is 5.35. The molecule has 0 amide bonds. The van der Waals surface area contributed by atoms with Crippen molar-refractivity contribution in [2.45, 2.75) is 38.4 Å². The van der Waals surface area contributed by atoms with Gasteiger partial charge in [0.1, 0.15) is 18.3 Å². The van der Waals surface area contributed by atoms with Crippen LogP contribution in [0.4, 0.5) is 0 Å². The smallest absolute Gasteiger partial charge is 0.164 e. The zero-order valence-electron chi connectivity index (χ0n) is 11.4. The third kappa shape index (κ3) is 2.01. The van der Waals surface area contributed by atoms with E-state index >= 15 is 0 Å². The van der Waals surface area contributed by atoms with Crippen LogP contribution in [-0.2, 0) is 4.74 Å². The van der Waals surface area contributed by atoms with Crippen LogP contribution in [0.5, 0.6) is 0 Å². The predicted octanol–water partition coefficient (Wildman–Crippen LogP) is 0.265. The highest BCUT2D eigenvalue weighted by Gasteiger charge is 2.38. The van der Waals surface area contributed by atoms with Gasteiger partial charge in [-0.25, -0.2) is 4.98 Å². The Morgan fingerprint density at radius 3 is 2.60 bits per heavy atom. The SMILES string of the molecule is Cc1cc2ncn([C@@H]3OC[C@@H](O)[C@@H](O)[C@H]3O)c2cc1C. The van der Waals surface area contributed by atoms with E-state index in [0.29, 0.717) is 0 Å². The minimum Gasteiger partial charge on any atom is -0.388 e. The molecule has 1 saturated heterocycles. The van der Waals surface area contributed by atoms with Crippen molar-refractivity contribution in [3.8, 4) is 0 Å². The average molecular weight is 278 g/mol. The molecule has 1 aromatic heterocycles. The van der Waals surface area contributed by atoms with Gasteiger partial charge < -0.3 is 24.6 Å². The topological polar surface area (TPSA) is 87.7 Å². The Morgan fingerprint density at radius 1 is 1.15 bits per heavy atom. The van der Waals surface area contributed by atoms with E-state index in [1.807, 2.05) is 26.0 Å². The van der Waals surface area contributed by atoms with Crippen LogP contribution >= 0.6 is 0 Å². The molecule has 6 heteroatoms. The van der Waals surface area contributed by atoms with Crippen molar-refractivity contribution < 1.29 is 20.1 Å². The first-order valence-electron chi connectivity index (χ1n) is 6.58. The second kappa shape index (κ2) is 4.82. The van der Waals surface area contributed by atoms with Gasteiger partial charge in [0.15, 0.2) is 6.23 Å². The molecule has 6 nitrogen and oxygen atoms in total. The van der Waals surface area contributed by atoms with E-state index in [2.05, 4.69) is 4.98 Å². The molecule has 0 aliphatic carbocycles. The van der Waals surface area contributed by atoms with E-state index < -0.39 is 24.5 Å². The van der Waals surface area contributed by atoms with E-state index in [-0.39, 0.29) is 6.61 Å². The van der Waals surface area contributed by atoms with Crippen LogP contribution in [-0.4, -0.2) is 49.8 Å². The third-order valence-corrected chi connectivity index (χ3v) is 3.94. The monoisotopic (exact) mass is 278 g/mol. The van der Waals surface area contributed by atoms with Crippen LogP contribution in [0.2, 0.25) is 0 Å². The van der Waals surface area contributed by atoms with Crippen LogP contribution in [0.3, 0.4) is 0 Å². The summed E-state index contributed by atoms with van der Waals surface area (Å²) >= 11 is 0. The lowest BCUT2D eigenvalue weighted by molar-refractivity contribution is -0.209. The molecular formula is C14H18N2O4. The Labute approximate surface area is 116 Å². The Morgan fingerprint density at radius 2 is 1.85 bits per heavy atom. The lowest BCUT2D eigenvalue weighted by atomic mass is 10.0. The lowest BCUT2D eigenvalue weighted by Crippen LogP contribution is -2.50. The Hall–Kier alpha value is -1.47. The summed E-state index contributed by atoms with van der Waals surface area (Å²) in [6.07, 6.45) is -2.65. The summed E-state index contributed by atoms with van der Waals surface area (Å²) in [5.41, 5.74) is 3.90.